The molecule has 1 aromatic rings. The SMILES string of the molecule is Cc1ccc(CN(C)C(=O)CC2CNC2)o1. The van der Waals surface area contributed by atoms with Crippen LogP contribution in [0, 0.1) is 12.8 Å². The Hall–Kier alpha value is -1.29. The smallest absolute Gasteiger partial charge is 0.223 e. The van der Waals surface area contributed by atoms with Crippen LogP contribution in [0.5, 0.6) is 0 Å². The molecule has 0 radical (unpaired) electrons. The number of nitrogens with zero attached hydrogens (tertiary/aromatic N) is 1. The third-order valence-corrected chi connectivity index (χ3v) is 2.94. The number of nitrogens with one attached hydrogen (secondary N) is 1. The van der Waals surface area contributed by atoms with Gasteiger partial charge in [-0.05, 0) is 38.1 Å². The first-order valence-corrected chi connectivity index (χ1v) is 5.65. The van der Waals surface area contributed by atoms with E-state index in [1.54, 1.807) is 4.90 Å². The van der Waals surface area contributed by atoms with Crippen LogP contribution in [0.25, 0.3) is 0 Å². The first-order chi connectivity index (χ1) is 7.65. The molecule has 1 aliphatic rings. The van der Waals surface area contributed by atoms with E-state index in [0.29, 0.717) is 18.9 Å². The van der Waals surface area contributed by atoms with Crippen molar-refractivity contribution in [3.63, 3.8) is 0 Å². The maximum Gasteiger partial charge on any atom is 0.223 e. The van der Waals surface area contributed by atoms with E-state index in [1.807, 2.05) is 26.1 Å². The van der Waals surface area contributed by atoms with Crippen molar-refractivity contribution in [2.24, 2.45) is 5.92 Å². The Balaban J connectivity index is 1.82. The predicted molar refractivity (Wildman–Crippen MR) is 60.9 cm³/mol. The van der Waals surface area contributed by atoms with Gasteiger partial charge in [0.25, 0.3) is 0 Å². The molecule has 0 unspecified atom stereocenters. The third kappa shape index (κ3) is 2.64. The van der Waals surface area contributed by atoms with E-state index in [9.17, 15) is 4.79 Å². The van der Waals surface area contributed by atoms with Crippen LogP contribution in [0.15, 0.2) is 16.5 Å². The second-order valence-electron chi connectivity index (χ2n) is 4.49. The highest BCUT2D eigenvalue weighted by Crippen LogP contribution is 2.13. The molecule has 1 N–H and O–H groups in total. The fourth-order valence-electron chi connectivity index (χ4n) is 1.79. The Bertz CT molecular complexity index is 369. The monoisotopic (exact) mass is 222 g/mol. The Morgan fingerprint density at radius 1 is 1.56 bits per heavy atom. The van der Waals surface area contributed by atoms with Gasteiger partial charge in [0.2, 0.25) is 5.91 Å². The summed E-state index contributed by atoms with van der Waals surface area (Å²) in [5.41, 5.74) is 0. The van der Waals surface area contributed by atoms with Crippen molar-refractivity contribution < 1.29 is 9.21 Å². The molecule has 0 spiro atoms. The predicted octanol–water partition coefficient (Wildman–Crippen LogP) is 1.16. The zero-order valence-corrected chi connectivity index (χ0v) is 9.82. The molecule has 1 aromatic heterocycles. The molecule has 1 amide bonds. The van der Waals surface area contributed by atoms with Crippen LogP contribution in [-0.4, -0.2) is 30.9 Å². The molecule has 4 nitrogen and oxygen atoms in total. The van der Waals surface area contributed by atoms with Crippen LogP contribution in [0.1, 0.15) is 17.9 Å². The van der Waals surface area contributed by atoms with Gasteiger partial charge >= 0.3 is 0 Å². The van der Waals surface area contributed by atoms with E-state index >= 15 is 0 Å². The van der Waals surface area contributed by atoms with Crippen molar-refractivity contribution >= 4 is 5.91 Å². The highest BCUT2D eigenvalue weighted by atomic mass is 16.3. The minimum atomic E-state index is 0.195. The molecule has 0 saturated carbocycles. The minimum Gasteiger partial charge on any atom is -0.464 e. The summed E-state index contributed by atoms with van der Waals surface area (Å²) in [7, 11) is 1.83. The summed E-state index contributed by atoms with van der Waals surface area (Å²) in [6, 6.07) is 3.84. The van der Waals surface area contributed by atoms with E-state index in [0.717, 1.165) is 24.6 Å². The van der Waals surface area contributed by atoms with Gasteiger partial charge in [-0.3, -0.25) is 4.79 Å². The summed E-state index contributed by atoms with van der Waals surface area (Å²) < 4.78 is 5.44. The molecule has 1 aliphatic heterocycles. The topological polar surface area (TPSA) is 45.5 Å². The zero-order chi connectivity index (χ0) is 11.5. The maximum atomic E-state index is 11.8. The lowest BCUT2D eigenvalue weighted by Crippen LogP contribution is -2.44. The molecule has 1 fully saturated rings. The van der Waals surface area contributed by atoms with Crippen molar-refractivity contribution in [2.45, 2.75) is 19.9 Å². The van der Waals surface area contributed by atoms with Crippen molar-refractivity contribution in [2.75, 3.05) is 20.1 Å². The van der Waals surface area contributed by atoms with Crippen molar-refractivity contribution in [3.05, 3.63) is 23.7 Å². The summed E-state index contributed by atoms with van der Waals surface area (Å²) in [4.78, 5) is 13.5. The van der Waals surface area contributed by atoms with Crippen LogP contribution < -0.4 is 5.32 Å². The van der Waals surface area contributed by atoms with Crippen LogP contribution >= 0.6 is 0 Å². The van der Waals surface area contributed by atoms with Gasteiger partial charge in [0.15, 0.2) is 0 Å². The Kier molecular flexibility index (Phi) is 3.29. The lowest BCUT2D eigenvalue weighted by Gasteiger charge is -2.28. The molecule has 16 heavy (non-hydrogen) atoms. The van der Waals surface area contributed by atoms with Gasteiger partial charge in [-0.15, -0.1) is 0 Å². The van der Waals surface area contributed by atoms with Crippen LogP contribution in [-0.2, 0) is 11.3 Å². The summed E-state index contributed by atoms with van der Waals surface area (Å²) in [6.45, 7) is 4.41. The van der Waals surface area contributed by atoms with Gasteiger partial charge in [0, 0.05) is 13.5 Å². The van der Waals surface area contributed by atoms with Gasteiger partial charge in [0.1, 0.15) is 11.5 Å². The summed E-state index contributed by atoms with van der Waals surface area (Å²) in [6.07, 6.45) is 0.642. The number of carbonyl (C=O) groups is 1. The molecule has 0 aromatic carbocycles. The number of aryl methyl sites for hydroxylation is 1. The fraction of sp³-hybridized carbons (Fsp3) is 0.583. The summed E-state index contributed by atoms with van der Waals surface area (Å²) >= 11 is 0. The fourth-order valence-corrected chi connectivity index (χ4v) is 1.79. The first kappa shape index (κ1) is 11.2. The first-order valence-electron chi connectivity index (χ1n) is 5.65. The van der Waals surface area contributed by atoms with Crippen LogP contribution in [0.3, 0.4) is 0 Å². The van der Waals surface area contributed by atoms with Gasteiger partial charge < -0.3 is 14.6 Å². The Labute approximate surface area is 95.6 Å². The third-order valence-electron chi connectivity index (χ3n) is 2.94. The van der Waals surface area contributed by atoms with Crippen molar-refractivity contribution in [1.29, 1.82) is 0 Å². The summed E-state index contributed by atoms with van der Waals surface area (Å²) in [5.74, 6) is 2.45. The summed E-state index contributed by atoms with van der Waals surface area (Å²) in [5, 5.41) is 3.17. The quantitative estimate of drug-likeness (QED) is 0.831. The Morgan fingerprint density at radius 3 is 2.81 bits per heavy atom. The van der Waals surface area contributed by atoms with E-state index < -0.39 is 0 Å². The number of rotatable bonds is 4. The molecule has 0 bridgehead atoms. The number of furan rings is 1. The van der Waals surface area contributed by atoms with Gasteiger partial charge in [-0.2, -0.15) is 0 Å². The maximum absolute atomic E-state index is 11.8. The van der Waals surface area contributed by atoms with Gasteiger partial charge in [0.05, 0.1) is 6.54 Å². The largest absolute Gasteiger partial charge is 0.464 e. The average Bonchev–Trinajstić information content (AvgIpc) is 2.57. The molecular formula is C12H18N2O2. The average molecular weight is 222 g/mol. The van der Waals surface area contributed by atoms with Gasteiger partial charge in [-0.1, -0.05) is 0 Å². The van der Waals surface area contributed by atoms with Crippen molar-refractivity contribution in [3.8, 4) is 0 Å². The van der Waals surface area contributed by atoms with Crippen LogP contribution in [0.4, 0.5) is 0 Å². The second kappa shape index (κ2) is 4.70. The van der Waals surface area contributed by atoms with Gasteiger partial charge in [-0.25, -0.2) is 0 Å². The minimum absolute atomic E-state index is 0.195. The molecule has 0 atom stereocenters. The number of carbonyl (C=O) groups excluding carboxylic acids is 1. The highest BCUT2D eigenvalue weighted by Gasteiger charge is 2.22. The zero-order valence-electron chi connectivity index (χ0n) is 9.82. The normalized spacial score (nSPS) is 15.9. The Morgan fingerprint density at radius 2 is 2.31 bits per heavy atom. The highest BCUT2D eigenvalue weighted by molar-refractivity contribution is 5.76. The molecule has 2 heterocycles. The number of hydrogen-bond acceptors (Lipinski definition) is 3. The van der Waals surface area contributed by atoms with E-state index in [1.165, 1.54) is 0 Å². The lowest BCUT2D eigenvalue weighted by atomic mass is 9.99. The number of hydrogen-bond donors (Lipinski definition) is 1. The van der Waals surface area contributed by atoms with Crippen LogP contribution in [0.2, 0.25) is 0 Å². The molecular weight excluding hydrogens is 204 g/mol. The number of amides is 1. The molecule has 88 valence electrons. The van der Waals surface area contributed by atoms with Crippen molar-refractivity contribution in [1.82, 2.24) is 10.2 Å². The molecule has 1 saturated heterocycles. The second-order valence-corrected chi connectivity index (χ2v) is 4.49. The molecule has 2 rings (SSSR count). The van der Waals surface area contributed by atoms with E-state index in [4.69, 9.17) is 4.42 Å². The standard InChI is InChI=1S/C12H18N2O2/c1-9-3-4-11(16-9)8-14(2)12(15)5-10-6-13-7-10/h3-4,10,13H,5-8H2,1-2H3. The molecule has 0 aliphatic carbocycles. The van der Waals surface area contributed by atoms with E-state index in [2.05, 4.69) is 5.32 Å². The lowest BCUT2D eigenvalue weighted by molar-refractivity contribution is -0.132. The van der Waals surface area contributed by atoms with E-state index in [-0.39, 0.29) is 5.91 Å². The molecule has 4 heteroatoms.